The van der Waals surface area contributed by atoms with Crippen LogP contribution in [0.15, 0.2) is 29.9 Å². The second-order valence-corrected chi connectivity index (χ2v) is 13.4. The quantitative estimate of drug-likeness (QED) is 0.142. The molecule has 15 nitrogen and oxygen atoms in total. The second-order valence-electron chi connectivity index (χ2n) is 11.1. The highest BCUT2D eigenvalue weighted by Gasteiger charge is 2.39. The predicted molar refractivity (Wildman–Crippen MR) is 164 cm³/mol. The molecule has 0 aromatic carbocycles. The average molecular weight is 627 g/mol. The molecular weight excluding hydrogens is 589 g/mol. The van der Waals surface area contributed by atoms with E-state index in [1.165, 1.54) is 18.7 Å². The van der Waals surface area contributed by atoms with Gasteiger partial charge >= 0.3 is 0 Å². The number of nitrogens with two attached hydrogens (primary N) is 1. The lowest BCUT2D eigenvalue weighted by atomic mass is 10.2. The van der Waals surface area contributed by atoms with Crippen LogP contribution in [-0.4, -0.2) is 80.3 Å². The number of aromatic nitrogens is 5. The zero-order valence-electron chi connectivity index (χ0n) is 25.0. The van der Waals surface area contributed by atoms with Gasteiger partial charge in [0, 0.05) is 55.6 Å². The number of ether oxygens (including phenoxy) is 2. The molecule has 44 heavy (non-hydrogen) atoms. The van der Waals surface area contributed by atoms with E-state index < -0.39 is 31.7 Å². The maximum atomic E-state index is 12.6. The fraction of sp³-hybridized carbons (Fsp3) is 0.500. The molecule has 1 saturated heterocycles. The van der Waals surface area contributed by atoms with Gasteiger partial charge in [0.25, 0.3) is 0 Å². The lowest BCUT2D eigenvalue weighted by molar-refractivity contribution is -0.204. The number of nitrogen functional groups attached to an aromatic ring is 1. The fourth-order valence-corrected chi connectivity index (χ4v) is 5.62. The van der Waals surface area contributed by atoms with Crippen LogP contribution >= 0.6 is 7.60 Å². The molecule has 4 atom stereocenters. The Labute approximate surface area is 254 Å². The molecule has 3 aromatic rings. The number of rotatable bonds is 13. The Morgan fingerprint density at radius 1 is 1.23 bits per heavy atom. The van der Waals surface area contributed by atoms with E-state index in [4.69, 9.17) is 19.7 Å². The zero-order valence-corrected chi connectivity index (χ0v) is 25.9. The molecule has 236 valence electrons. The van der Waals surface area contributed by atoms with Gasteiger partial charge in [-0.3, -0.25) is 9.79 Å². The molecule has 4 N–H and O–H groups in total. The standard InChI is InChI=1S/C28H38N9O6P/c1-16(2)42-20-11-23(43-21(20)13-41-44(39,40)17(3)4)37-12-18(24-26(29)34-15-36-28(24)37)5-6-22(38)30-9-10-32-27-25-19(7-8-31-25)33-14-35-27/h5-6,8,12,14-17,20-21,23H,7,9-11,13H2,1-4H3,(H,30,38)(H,39,40)(H2,29,34,36)(H,32,33,35)/p-1/b6-5+/t20?,21-,23-/m1/s1. The largest absolute Gasteiger partial charge is 0.778 e. The first-order valence-corrected chi connectivity index (χ1v) is 16.1. The third-order valence-corrected chi connectivity index (χ3v) is 8.96. The molecule has 2 aliphatic heterocycles. The first-order chi connectivity index (χ1) is 21.0. The van der Waals surface area contributed by atoms with Crippen molar-refractivity contribution in [2.24, 2.45) is 4.99 Å². The maximum absolute atomic E-state index is 12.6. The minimum atomic E-state index is -4.05. The van der Waals surface area contributed by atoms with Gasteiger partial charge in [-0.1, -0.05) is 13.8 Å². The van der Waals surface area contributed by atoms with Crippen molar-refractivity contribution in [3.05, 3.63) is 36.2 Å². The van der Waals surface area contributed by atoms with E-state index >= 15 is 0 Å². The van der Waals surface area contributed by atoms with Crippen molar-refractivity contribution < 1.29 is 28.3 Å². The van der Waals surface area contributed by atoms with E-state index in [1.54, 1.807) is 36.9 Å². The van der Waals surface area contributed by atoms with E-state index in [-0.39, 0.29) is 24.4 Å². The van der Waals surface area contributed by atoms with Crippen LogP contribution in [-0.2, 0) is 29.8 Å². The van der Waals surface area contributed by atoms with E-state index in [9.17, 15) is 14.3 Å². The van der Waals surface area contributed by atoms with Crippen LogP contribution in [0.3, 0.4) is 0 Å². The first-order valence-electron chi connectivity index (χ1n) is 14.5. The molecule has 0 bridgehead atoms. The number of carbonyl (C=O) groups is 1. The van der Waals surface area contributed by atoms with Gasteiger partial charge in [0.15, 0.2) is 5.82 Å². The molecule has 1 amide bonds. The van der Waals surface area contributed by atoms with Crippen molar-refractivity contribution in [2.75, 3.05) is 30.7 Å². The number of amides is 1. The monoisotopic (exact) mass is 626 g/mol. The summed E-state index contributed by atoms with van der Waals surface area (Å²) in [5.41, 5.74) is 8.29. The van der Waals surface area contributed by atoms with Crippen LogP contribution < -0.4 is 21.3 Å². The summed E-state index contributed by atoms with van der Waals surface area (Å²) in [6.45, 7) is 7.56. The van der Waals surface area contributed by atoms with Crippen molar-refractivity contribution in [3.63, 3.8) is 0 Å². The third-order valence-electron chi connectivity index (χ3n) is 7.19. The molecule has 3 aromatic heterocycles. The topological polar surface area (TPSA) is 204 Å². The average Bonchev–Trinajstić information content (AvgIpc) is 3.70. The lowest BCUT2D eigenvalue weighted by Crippen LogP contribution is -2.32. The summed E-state index contributed by atoms with van der Waals surface area (Å²) in [5, 5.41) is 6.57. The minimum absolute atomic E-state index is 0.115. The third kappa shape index (κ3) is 7.13. The van der Waals surface area contributed by atoms with Crippen LogP contribution in [0.25, 0.3) is 17.1 Å². The number of aliphatic imine (C=N–C) groups is 1. The van der Waals surface area contributed by atoms with Gasteiger partial charge in [-0.25, -0.2) is 19.9 Å². The van der Waals surface area contributed by atoms with Crippen molar-refractivity contribution >= 4 is 54.2 Å². The van der Waals surface area contributed by atoms with Gasteiger partial charge in [0.2, 0.25) is 5.91 Å². The number of carbonyl (C=O) groups excluding carboxylic acids is 1. The normalized spacial score (nSPS) is 21.0. The summed E-state index contributed by atoms with van der Waals surface area (Å²) in [6.07, 6.45) is 8.84. The first kappa shape index (κ1) is 31.7. The number of nitrogens with zero attached hydrogens (tertiary/aromatic N) is 6. The molecule has 2 unspecified atom stereocenters. The molecule has 5 heterocycles. The molecule has 0 radical (unpaired) electrons. The van der Waals surface area contributed by atoms with Gasteiger partial charge in [0.1, 0.15) is 49.7 Å². The lowest BCUT2D eigenvalue weighted by Gasteiger charge is -2.29. The Hall–Kier alpha value is -3.75. The van der Waals surface area contributed by atoms with E-state index in [1.807, 2.05) is 13.8 Å². The molecule has 1 fully saturated rings. The highest BCUT2D eigenvalue weighted by atomic mass is 31.2. The van der Waals surface area contributed by atoms with Gasteiger partial charge in [-0.2, -0.15) is 0 Å². The SMILES string of the molecule is CC(C)OC1C[C@H](n2cc(/C=C/C(=O)NCCNc3ncnc4c3N=CC4)c3c(N)ncnc32)O[C@@H]1COP(=O)([O-])C(C)C. The van der Waals surface area contributed by atoms with Gasteiger partial charge < -0.3 is 44.4 Å². The van der Waals surface area contributed by atoms with Gasteiger partial charge in [-0.05, 0) is 19.9 Å². The fourth-order valence-electron chi connectivity index (χ4n) is 4.97. The number of hydrogen-bond acceptors (Lipinski definition) is 13. The summed E-state index contributed by atoms with van der Waals surface area (Å²) < 4.78 is 31.8. The summed E-state index contributed by atoms with van der Waals surface area (Å²) in [4.78, 5) is 46.3. The van der Waals surface area contributed by atoms with Crippen molar-refractivity contribution in [1.29, 1.82) is 0 Å². The Kier molecular flexibility index (Phi) is 9.71. The van der Waals surface area contributed by atoms with E-state index in [0.29, 0.717) is 48.3 Å². The van der Waals surface area contributed by atoms with Crippen molar-refractivity contribution in [3.8, 4) is 0 Å². The number of fused-ring (bicyclic) bond motifs is 2. The predicted octanol–water partition coefficient (Wildman–Crippen LogP) is 2.36. The van der Waals surface area contributed by atoms with Gasteiger partial charge in [-0.15, -0.1) is 0 Å². The highest BCUT2D eigenvalue weighted by Crippen LogP contribution is 2.44. The molecule has 16 heteroatoms. The van der Waals surface area contributed by atoms with Crippen LogP contribution in [0.1, 0.15) is 51.6 Å². The Morgan fingerprint density at radius 2 is 2.02 bits per heavy atom. The maximum Gasteiger partial charge on any atom is 0.244 e. The zero-order chi connectivity index (χ0) is 31.4. The van der Waals surface area contributed by atoms with E-state index in [2.05, 4.69) is 35.6 Å². The number of nitrogens with one attached hydrogen (secondary N) is 2. The van der Waals surface area contributed by atoms with Crippen LogP contribution in [0.4, 0.5) is 17.3 Å². The molecular formula is C28H37N9O6P-. The number of hydrogen-bond donors (Lipinski definition) is 3. The molecule has 0 saturated carbocycles. The minimum Gasteiger partial charge on any atom is -0.778 e. The molecule has 0 aliphatic carbocycles. The molecule has 5 rings (SSSR count). The van der Waals surface area contributed by atoms with Crippen molar-refractivity contribution in [1.82, 2.24) is 29.8 Å². The Bertz CT molecular complexity index is 1610. The number of anilines is 2. The van der Waals surface area contributed by atoms with E-state index in [0.717, 1.165) is 11.4 Å². The van der Waals surface area contributed by atoms with Crippen LogP contribution in [0.2, 0.25) is 0 Å². The molecule has 2 aliphatic rings. The van der Waals surface area contributed by atoms with Crippen molar-refractivity contribution in [2.45, 2.75) is 70.7 Å². The summed E-state index contributed by atoms with van der Waals surface area (Å²) in [6, 6.07) is 0. The van der Waals surface area contributed by atoms with Crippen LogP contribution in [0.5, 0.6) is 0 Å². The highest BCUT2D eigenvalue weighted by molar-refractivity contribution is 7.52. The second kappa shape index (κ2) is 13.5. The summed E-state index contributed by atoms with van der Waals surface area (Å²) in [7, 11) is -4.05. The summed E-state index contributed by atoms with van der Waals surface area (Å²) >= 11 is 0. The smallest absolute Gasteiger partial charge is 0.244 e. The Balaban J connectivity index is 1.26. The van der Waals surface area contributed by atoms with Crippen LogP contribution in [0, 0.1) is 0 Å². The van der Waals surface area contributed by atoms with Gasteiger partial charge in [0.05, 0.1) is 29.9 Å². The summed E-state index contributed by atoms with van der Waals surface area (Å²) in [5.74, 6) is 0.568. The Morgan fingerprint density at radius 3 is 2.80 bits per heavy atom. The molecule has 0 spiro atoms.